The molecule has 0 radical (unpaired) electrons. The van der Waals surface area contributed by atoms with Gasteiger partial charge in [0, 0.05) is 6.92 Å². The van der Waals surface area contributed by atoms with Crippen molar-refractivity contribution >= 4 is 11.9 Å². The Labute approximate surface area is 147 Å². The molecule has 0 bridgehead atoms. The summed E-state index contributed by atoms with van der Waals surface area (Å²) in [6.45, 7) is 0.575. The van der Waals surface area contributed by atoms with E-state index >= 15 is 0 Å². The van der Waals surface area contributed by atoms with E-state index in [1.54, 1.807) is 0 Å². The first kappa shape index (κ1) is 19.8. The van der Waals surface area contributed by atoms with Gasteiger partial charge < -0.3 is 35.6 Å². The Bertz CT molecular complexity index is 690. The van der Waals surface area contributed by atoms with E-state index in [0.29, 0.717) is 0 Å². The molecule has 1 aliphatic heterocycles. The van der Waals surface area contributed by atoms with Gasteiger partial charge in [0.2, 0.25) is 11.7 Å². The summed E-state index contributed by atoms with van der Waals surface area (Å²) in [5, 5.41) is 58.3. The van der Waals surface area contributed by atoms with Gasteiger partial charge in [-0.05, 0) is 6.08 Å². The molecule has 2 heterocycles. The van der Waals surface area contributed by atoms with Gasteiger partial charge in [0.15, 0.2) is 6.10 Å². The van der Waals surface area contributed by atoms with Gasteiger partial charge in [-0.25, -0.2) is 9.48 Å². The van der Waals surface area contributed by atoms with Gasteiger partial charge in [-0.1, -0.05) is 5.21 Å². The molecule has 5 atom stereocenters. The number of ether oxygens (including phenoxy) is 1. The maximum atomic E-state index is 11.3. The number of aliphatic hydroxyl groups excluding tert-OH is 4. The highest BCUT2D eigenvalue weighted by Gasteiger charge is 2.43. The largest absolute Gasteiger partial charge is 0.478 e. The van der Waals surface area contributed by atoms with Crippen LogP contribution in [-0.2, 0) is 27.5 Å². The highest BCUT2D eigenvalue weighted by molar-refractivity contribution is 5.84. The molecule has 12 nitrogen and oxygen atoms in total. The van der Waals surface area contributed by atoms with E-state index in [1.807, 2.05) is 0 Å². The van der Waals surface area contributed by atoms with Crippen LogP contribution in [0.15, 0.2) is 18.0 Å². The van der Waals surface area contributed by atoms with Crippen molar-refractivity contribution in [3.05, 3.63) is 23.7 Å². The average molecular weight is 372 g/mol. The Morgan fingerprint density at radius 2 is 2.12 bits per heavy atom. The second-order valence-corrected chi connectivity index (χ2v) is 5.78. The van der Waals surface area contributed by atoms with E-state index in [-0.39, 0.29) is 18.8 Å². The lowest BCUT2D eigenvalue weighted by Crippen LogP contribution is -2.59. The lowest BCUT2D eigenvalue weighted by molar-refractivity contribution is -0.148. The van der Waals surface area contributed by atoms with Gasteiger partial charge in [-0.15, -0.1) is 5.10 Å². The second kappa shape index (κ2) is 8.23. The first-order chi connectivity index (χ1) is 12.2. The molecule has 0 saturated carbocycles. The molecule has 1 amide bonds. The number of hydrogen-bond acceptors (Lipinski definition) is 9. The molecule has 26 heavy (non-hydrogen) atoms. The average Bonchev–Trinajstić information content (AvgIpc) is 3.02. The topological polar surface area (TPSA) is 187 Å². The predicted octanol–water partition coefficient (Wildman–Crippen LogP) is -3.27. The Morgan fingerprint density at radius 3 is 2.65 bits per heavy atom. The van der Waals surface area contributed by atoms with Crippen molar-refractivity contribution in [1.82, 2.24) is 20.3 Å². The van der Waals surface area contributed by atoms with Gasteiger partial charge in [-0.2, -0.15) is 0 Å². The van der Waals surface area contributed by atoms with Crippen LogP contribution in [0.4, 0.5) is 0 Å². The van der Waals surface area contributed by atoms with Crippen LogP contribution in [0, 0.1) is 0 Å². The van der Waals surface area contributed by atoms with Crippen LogP contribution in [0.3, 0.4) is 0 Å². The number of rotatable bonds is 7. The first-order valence-corrected chi connectivity index (χ1v) is 7.66. The number of carbonyl (C=O) groups excluding carboxylic acids is 1. The predicted molar refractivity (Wildman–Crippen MR) is 82.2 cm³/mol. The number of amides is 1. The van der Waals surface area contributed by atoms with Crippen molar-refractivity contribution in [1.29, 1.82) is 0 Å². The Hall–Kier alpha value is -2.54. The zero-order chi connectivity index (χ0) is 19.4. The van der Waals surface area contributed by atoms with Crippen molar-refractivity contribution in [3.8, 4) is 0 Å². The molecule has 1 unspecified atom stereocenters. The van der Waals surface area contributed by atoms with E-state index in [4.69, 9.17) is 14.9 Å². The fourth-order valence-corrected chi connectivity index (χ4v) is 2.54. The smallest absolute Gasteiger partial charge is 0.370 e. The second-order valence-electron chi connectivity index (χ2n) is 5.78. The van der Waals surface area contributed by atoms with Crippen LogP contribution in [0.25, 0.3) is 0 Å². The summed E-state index contributed by atoms with van der Waals surface area (Å²) in [6.07, 6.45) is -3.81. The summed E-state index contributed by atoms with van der Waals surface area (Å²) < 4.78 is 6.34. The number of carboxylic acid groups (broad SMARTS) is 1. The number of aliphatic carboxylic acids is 1. The number of aliphatic hydroxyl groups is 4. The normalized spacial score (nSPS) is 25.0. The van der Waals surface area contributed by atoms with Crippen molar-refractivity contribution in [3.63, 3.8) is 0 Å². The molecule has 0 saturated heterocycles. The van der Waals surface area contributed by atoms with Crippen molar-refractivity contribution < 1.29 is 39.9 Å². The van der Waals surface area contributed by atoms with Crippen LogP contribution >= 0.6 is 0 Å². The minimum Gasteiger partial charge on any atom is -0.478 e. The van der Waals surface area contributed by atoms with Crippen molar-refractivity contribution in [2.24, 2.45) is 0 Å². The fourth-order valence-electron chi connectivity index (χ4n) is 2.54. The quantitative estimate of drug-likeness (QED) is 0.283. The van der Waals surface area contributed by atoms with Crippen LogP contribution in [0.2, 0.25) is 0 Å². The van der Waals surface area contributed by atoms with E-state index in [1.165, 1.54) is 17.8 Å². The third-order valence-electron chi connectivity index (χ3n) is 3.74. The Balaban J connectivity index is 2.18. The molecule has 6 N–H and O–H groups in total. The Kier molecular flexibility index (Phi) is 6.26. The van der Waals surface area contributed by atoms with Gasteiger partial charge in [0.05, 0.1) is 25.4 Å². The summed E-state index contributed by atoms with van der Waals surface area (Å²) in [5.41, 5.74) is 0.253. The van der Waals surface area contributed by atoms with Gasteiger partial charge >= 0.3 is 5.97 Å². The molecule has 0 aliphatic carbocycles. The van der Waals surface area contributed by atoms with Crippen LogP contribution in [0.5, 0.6) is 0 Å². The van der Waals surface area contributed by atoms with Crippen LogP contribution in [0.1, 0.15) is 12.6 Å². The zero-order valence-electron chi connectivity index (χ0n) is 13.8. The van der Waals surface area contributed by atoms with Gasteiger partial charge in [0.25, 0.3) is 0 Å². The number of hydrogen-bond donors (Lipinski definition) is 6. The number of carbonyl (C=O) groups is 2. The molecule has 0 aromatic carbocycles. The minimum atomic E-state index is -1.67. The van der Waals surface area contributed by atoms with E-state index in [9.17, 15) is 24.9 Å². The number of nitrogens with zero attached hydrogens (tertiary/aromatic N) is 3. The molecule has 1 aliphatic rings. The lowest BCUT2D eigenvalue weighted by Gasteiger charge is -2.38. The van der Waals surface area contributed by atoms with Crippen LogP contribution < -0.4 is 5.32 Å². The molecule has 12 heteroatoms. The van der Waals surface area contributed by atoms with E-state index in [0.717, 1.165) is 6.08 Å². The van der Waals surface area contributed by atoms with E-state index in [2.05, 4.69) is 15.6 Å². The number of carboxylic acids is 1. The number of aromatic nitrogens is 3. The maximum absolute atomic E-state index is 11.3. The van der Waals surface area contributed by atoms with Gasteiger partial charge in [-0.3, -0.25) is 4.79 Å². The Morgan fingerprint density at radius 1 is 1.42 bits per heavy atom. The molecule has 1 aromatic heterocycles. The summed E-state index contributed by atoms with van der Waals surface area (Å²) in [5.74, 6) is -2.63. The molecular weight excluding hydrogens is 352 g/mol. The third-order valence-corrected chi connectivity index (χ3v) is 3.74. The van der Waals surface area contributed by atoms with E-state index < -0.39 is 48.1 Å². The minimum absolute atomic E-state index is 0.247. The molecule has 2 rings (SSSR count). The molecule has 0 fully saturated rings. The third kappa shape index (κ3) is 4.54. The number of nitrogens with one attached hydrogen (secondary N) is 1. The summed E-state index contributed by atoms with van der Waals surface area (Å²) in [7, 11) is 0. The maximum Gasteiger partial charge on any atom is 0.370 e. The molecule has 144 valence electrons. The zero-order valence-corrected chi connectivity index (χ0v) is 13.8. The standard InChI is InChI=1S/C14H20N4O8/c1-6(20)15-11-8(21)2-10(14(24)25)26-13(11)12(23)9(22)4-18-3-7(5-19)16-17-18/h2-3,8-9,11-13,19,21-23H,4-5H2,1H3,(H,15,20)(H,24,25)/t8-,9-,11+,12-,13?/m0/s1. The fraction of sp³-hybridized carbons (Fsp3) is 0.571. The molecule has 0 spiro atoms. The molecular formula is C14H20N4O8. The SMILES string of the molecule is CC(=O)N[C@H]1C([C@@H](O)[C@@H](O)Cn2cc(CO)nn2)OC(C(=O)O)=C[C@@H]1O. The summed E-state index contributed by atoms with van der Waals surface area (Å²) in [6, 6.07) is -1.18. The monoisotopic (exact) mass is 372 g/mol. The first-order valence-electron chi connectivity index (χ1n) is 7.66. The lowest BCUT2D eigenvalue weighted by atomic mass is 9.93. The van der Waals surface area contributed by atoms with Crippen LogP contribution in [-0.4, -0.2) is 82.9 Å². The van der Waals surface area contributed by atoms with Gasteiger partial charge in [0.1, 0.15) is 24.0 Å². The highest BCUT2D eigenvalue weighted by atomic mass is 16.5. The highest BCUT2D eigenvalue weighted by Crippen LogP contribution is 2.23. The van der Waals surface area contributed by atoms with Crippen molar-refractivity contribution in [2.45, 2.75) is 50.5 Å². The molecule has 1 aromatic rings. The summed E-state index contributed by atoms with van der Waals surface area (Å²) >= 11 is 0. The summed E-state index contributed by atoms with van der Waals surface area (Å²) in [4.78, 5) is 22.4. The van der Waals surface area contributed by atoms with Crippen molar-refractivity contribution in [2.75, 3.05) is 0 Å².